The predicted octanol–water partition coefficient (Wildman–Crippen LogP) is 2.40. The molecule has 0 spiro atoms. The van der Waals surface area contributed by atoms with Gasteiger partial charge in [0, 0.05) is 12.1 Å². The highest BCUT2D eigenvalue weighted by molar-refractivity contribution is 9.10. The zero-order valence-corrected chi connectivity index (χ0v) is 16.0. The maximum Gasteiger partial charge on any atom is 0.261 e. The summed E-state index contributed by atoms with van der Waals surface area (Å²) in [6, 6.07) is 9.25. The lowest BCUT2D eigenvalue weighted by atomic mass is 10.3. The summed E-state index contributed by atoms with van der Waals surface area (Å²) in [6.07, 6.45) is 1.57. The largest absolute Gasteiger partial charge is 0.507 e. The summed E-state index contributed by atoms with van der Waals surface area (Å²) in [5, 5.41) is 9.64. The fourth-order valence-electron chi connectivity index (χ4n) is 2.09. The van der Waals surface area contributed by atoms with Crippen molar-refractivity contribution in [1.29, 1.82) is 0 Å². The molecule has 10 heteroatoms. The van der Waals surface area contributed by atoms with Crippen molar-refractivity contribution in [3.05, 3.63) is 46.9 Å². The highest BCUT2D eigenvalue weighted by Crippen LogP contribution is 2.28. The lowest BCUT2D eigenvalue weighted by Gasteiger charge is -2.11. The molecule has 134 valence electrons. The molecule has 0 unspecified atom stereocenters. The van der Waals surface area contributed by atoms with Crippen LogP contribution in [0.3, 0.4) is 0 Å². The van der Waals surface area contributed by atoms with Gasteiger partial charge in [0.1, 0.15) is 5.75 Å². The van der Waals surface area contributed by atoms with Gasteiger partial charge in [-0.3, -0.25) is 4.72 Å². The zero-order valence-electron chi connectivity index (χ0n) is 12.8. The summed E-state index contributed by atoms with van der Waals surface area (Å²) in [4.78, 5) is -0.297. The Hall–Kier alpha value is -1.62. The van der Waals surface area contributed by atoms with E-state index in [1.54, 1.807) is 0 Å². The van der Waals surface area contributed by atoms with Crippen LogP contribution in [0.25, 0.3) is 0 Å². The Labute approximate surface area is 154 Å². The summed E-state index contributed by atoms with van der Waals surface area (Å²) in [5.74, 6) is -0.120. The van der Waals surface area contributed by atoms with E-state index in [9.17, 15) is 21.9 Å². The molecular formula is C15H15BrN2O5S2. The molecule has 25 heavy (non-hydrogen) atoms. The van der Waals surface area contributed by atoms with Crippen LogP contribution in [0, 0.1) is 0 Å². The first kappa shape index (κ1) is 18.2. The molecule has 3 N–H and O–H groups in total. The normalized spacial score (nSPS) is 15.1. The second-order valence-electron chi connectivity index (χ2n) is 5.64. The van der Waals surface area contributed by atoms with Gasteiger partial charge in [-0.1, -0.05) is 6.07 Å². The number of anilines is 1. The van der Waals surface area contributed by atoms with Crippen LogP contribution in [0.2, 0.25) is 0 Å². The molecule has 0 aliphatic heterocycles. The number of sulfonamides is 2. The van der Waals surface area contributed by atoms with Crippen molar-refractivity contribution in [3.8, 4) is 5.75 Å². The van der Waals surface area contributed by atoms with Gasteiger partial charge in [0.25, 0.3) is 10.0 Å². The molecule has 0 amide bonds. The Morgan fingerprint density at radius 1 is 0.960 bits per heavy atom. The lowest BCUT2D eigenvalue weighted by molar-refractivity contribution is 0.472. The monoisotopic (exact) mass is 446 g/mol. The Bertz CT molecular complexity index is 1020. The molecule has 2 aromatic carbocycles. The fourth-order valence-corrected chi connectivity index (χ4v) is 4.85. The molecule has 0 radical (unpaired) electrons. The van der Waals surface area contributed by atoms with Crippen LogP contribution in [-0.2, 0) is 20.0 Å². The predicted molar refractivity (Wildman–Crippen MR) is 96.4 cm³/mol. The minimum absolute atomic E-state index is 0.0749. The van der Waals surface area contributed by atoms with Crippen molar-refractivity contribution >= 4 is 41.7 Å². The molecule has 1 fully saturated rings. The average molecular weight is 447 g/mol. The third kappa shape index (κ3) is 4.32. The average Bonchev–Trinajstić information content (AvgIpc) is 3.34. The standard InChI is InChI=1S/C15H15BrN2O5S2/c16-14-7-6-11(8-15(14)19)18-25(22,23)13-3-1-2-12(9-13)24(20,21)17-10-4-5-10/h1-3,6-10,17-19H,4-5H2. The third-order valence-electron chi connectivity index (χ3n) is 3.52. The van der Waals surface area contributed by atoms with Gasteiger partial charge in [-0.2, -0.15) is 0 Å². The quantitative estimate of drug-likeness (QED) is 0.630. The maximum absolute atomic E-state index is 12.5. The molecule has 1 aliphatic carbocycles. The zero-order chi connectivity index (χ0) is 18.2. The van der Waals surface area contributed by atoms with Crippen molar-refractivity contribution in [2.24, 2.45) is 0 Å². The first-order chi connectivity index (χ1) is 11.7. The van der Waals surface area contributed by atoms with Gasteiger partial charge in [-0.25, -0.2) is 21.6 Å². The Morgan fingerprint density at radius 3 is 2.20 bits per heavy atom. The fraction of sp³-hybridized carbons (Fsp3) is 0.200. The Kier molecular flexibility index (Phi) is 4.80. The van der Waals surface area contributed by atoms with E-state index in [0.29, 0.717) is 4.47 Å². The molecule has 0 aromatic heterocycles. The first-order valence-electron chi connectivity index (χ1n) is 7.31. The van der Waals surface area contributed by atoms with E-state index in [-0.39, 0.29) is 27.3 Å². The number of rotatable bonds is 6. The topological polar surface area (TPSA) is 113 Å². The van der Waals surface area contributed by atoms with Gasteiger partial charge in [0.05, 0.1) is 20.0 Å². The molecule has 3 rings (SSSR count). The molecule has 0 bridgehead atoms. The van der Waals surface area contributed by atoms with Crippen LogP contribution in [0.1, 0.15) is 12.8 Å². The van der Waals surface area contributed by atoms with E-state index in [1.807, 2.05) is 0 Å². The van der Waals surface area contributed by atoms with E-state index in [1.165, 1.54) is 36.4 Å². The molecular weight excluding hydrogens is 432 g/mol. The molecule has 7 nitrogen and oxygen atoms in total. The summed E-state index contributed by atoms with van der Waals surface area (Å²) in [6.45, 7) is 0. The molecule has 0 saturated heterocycles. The number of benzene rings is 2. The third-order valence-corrected chi connectivity index (χ3v) is 7.09. The van der Waals surface area contributed by atoms with Crippen molar-refractivity contribution in [1.82, 2.24) is 4.72 Å². The highest BCUT2D eigenvalue weighted by Gasteiger charge is 2.28. The SMILES string of the molecule is O=S(=O)(Nc1ccc(Br)c(O)c1)c1cccc(S(=O)(=O)NC2CC2)c1. The van der Waals surface area contributed by atoms with Gasteiger partial charge in [0.15, 0.2) is 0 Å². The summed E-state index contributed by atoms with van der Waals surface area (Å²) >= 11 is 3.11. The highest BCUT2D eigenvalue weighted by atomic mass is 79.9. The number of phenols is 1. The smallest absolute Gasteiger partial charge is 0.261 e. The number of phenolic OH excluding ortho intramolecular Hbond substituents is 1. The molecule has 2 aromatic rings. The van der Waals surface area contributed by atoms with Crippen LogP contribution >= 0.6 is 15.9 Å². The minimum atomic E-state index is -4.01. The molecule has 0 heterocycles. The number of hydrogen-bond acceptors (Lipinski definition) is 5. The van der Waals surface area contributed by atoms with Crippen LogP contribution in [0.5, 0.6) is 5.75 Å². The van der Waals surface area contributed by atoms with E-state index in [2.05, 4.69) is 25.4 Å². The van der Waals surface area contributed by atoms with Crippen LogP contribution < -0.4 is 9.44 Å². The van der Waals surface area contributed by atoms with Gasteiger partial charge >= 0.3 is 0 Å². The van der Waals surface area contributed by atoms with E-state index in [4.69, 9.17) is 0 Å². The number of aromatic hydroxyl groups is 1. The van der Waals surface area contributed by atoms with Crippen LogP contribution in [0.4, 0.5) is 5.69 Å². The summed E-state index contributed by atoms with van der Waals surface area (Å²) in [7, 11) is -7.76. The maximum atomic E-state index is 12.5. The van der Waals surface area contributed by atoms with Crippen molar-refractivity contribution < 1.29 is 21.9 Å². The first-order valence-corrected chi connectivity index (χ1v) is 11.1. The van der Waals surface area contributed by atoms with Gasteiger partial charge in [-0.15, -0.1) is 0 Å². The lowest BCUT2D eigenvalue weighted by Crippen LogP contribution is -2.26. The molecule has 1 aliphatic rings. The second kappa shape index (κ2) is 6.60. The van der Waals surface area contributed by atoms with Gasteiger partial charge < -0.3 is 5.11 Å². The van der Waals surface area contributed by atoms with Gasteiger partial charge in [-0.05, 0) is 59.1 Å². The van der Waals surface area contributed by atoms with E-state index < -0.39 is 20.0 Å². The number of halogens is 1. The van der Waals surface area contributed by atoms with Crippen LogP contribution in [0.15, 0.2) is 56.7 Å². The minimum Gasteiger partial charge on any atom is -0.507 e. The second-order valence-corrected chi connectivity index (χ2v) is 9.89. The molecule has 0 atom stereocenters. The number of hydrogen-bond donors (Lipinski definition) is 3. The van der Waals surface area contributed by atoms with E-state index >= 15 is 0 Å². The van der Waals surface area contributed by atoms with Gasteiger partial charge in [0.2, 0.25) is 10.0 Å². The van der Waals surface area contributed by atoms with Crippen molar-refractivity contribution in [2.75, 3.05) is 4.72 Å². The van der Waals surface area contributed by atoms with Crippen molar-refractivity contribution in [2.45, 2.75) is 28.7 Å². The summed E-state index contributed by atoms with van der Waals surface area (Å²) in [5.41, 5.74) is 0.157. The van der Waals surface area contributed by atoms with Crippen LogP contribution in [-0.4, -0.2) is 28.0 Å². The van der Waals surface area contributed by atoms with E-state index in [0.717, 1.165) is 18.9 Å². The Morgan fingerprint density at radius 2 is 1.60 bits per heavy atom. The molecule has 1 saturated carbocycles. The summed E-state index contributed by atoms with van der Waals surface area (Å²) < 4.78 is 54.7. The Balaban J connectivity index is 1.89. The van der Waals surface area contributed by atoms with Crippen molar-refractivity contribution in [3.63, 3.8) is 0 Å². The number of nitrogens with one attached hydrogen (secondary N) is 2.